The topological polar surface area (TPSA) is 84.6 Å². The van der Waals surface area contributed by atoms with Gasteiger partial charge in [-0.05, 0) is 0 Å². The summed E-state index contributed by atoms with van der Waals surface area (Å²) in [6, 6.07) is 0. The van der Waals surface area contributed by atoms with Gasteiger partial charge in [-0.2, -0.15) is 5.90 Å². The molecule has 0 atom stereocenters. The summed E-state index contributed by atoms with van der Waals surface area (Å²) in [6.45, 7) is 0. The predicted octanol–water partition coefficient (Wildman–Crippen LogP) is -1.02. The molecule has 0 aromatic carbocycles. The highest BCUT2D eigenvalue weighted by molar-refractivity contribution is 5.64. The quantitative estimate of drug-likeness (QED) is 0.263. The van der Waals surface area contributed by atoms with Crippen molar-refractivity contribution < 1.29 is 14.8 Å². The fourth-order valence-electron chi connectivity index (χ4n) is 0.0264. The highest BCUT2D eigenvalue weighted by Gasteiger charge is 1.88. The Kier molecular flexibility index (Phi) is 2.10. The number of hydroxylamine groups is 1. The van der Waals surface area contributed by atoms with Crippen LogP contribution >= 0.6 is 0 Å². The van der Waals surface area contributed by atoms with Crippen LogP contribution in [0.4, 0.5) is 4.79 Å². The Hall–Kier alpha value is -0.810. The molecule has 0 saturated carbocycles. The number of amides is 1. The van der Waals surface area contributed by atoms with E-state index < -0.39 is 6.09 Å². The Labute approximate surface area is 33.6 Å². The summed E-state index contributed by atoms with van der Waals surface area (Å²) in [6.07, 6.45) is -1.07. The van der Waals surface area contributed by atoms with Crippen LogP contribution in [0.1, 0.15) is 0 Å². The molecule has 36 valence electrons. The van der Waals surface area contributed by atoms with Crippen LogP contribution in [-0.2, 0) is 4.84 Å². The number of nitrogens with one attached hydrogen (secondary N) is 1. The average molecular weight is 92.1 g/mol. The molecule has 0 aliphatic heterocycles. The number of rotatable bonds is 0. The molecule has 0 unspecified atom stereocenters. The first kappa shape index (κ1) is 5.19. The van der Waals surface area contributed by atoms with Gasteiger partial charge < -0.3 is 4.84 Å². The molecule has 0 aromatic heterocycles. The van der Waals surface area contributed by atoms with Gasteiger partial charge in [0.25, 0.3) is 0 Å². The molecule has 0 aliphatic rings. The first-order valence-corrected chi connectivity index (χ1v) is 1.12. The summed E-state index contributed by atoms with van der Waals surface area (Å²) in [5, 5.41) is 7.53. The highest BCUT2D eigenvalue weighted by atomic mass is 16.7. The molecule has 0 aliphatic carbocycles. The van der Waals surface area contributed by atoms with Gasteiger partial charge in [-0.15, -0.1) is 0 Å². The van der Waals surface area contributed by atoms with Gasteiger partial charge in [0.15, 0.2) is 0 Å². The van der Waals surface area contributed by atoms with Crippen molar-refractivity contribution >= 4 is 6.09 Å². The van der Waals surface area contributed by atoms with Gasteiger partial charge in [0, 0.05) is 0 Å². The average Bonchev–Trinajstić information content (AvgIpc) is 1.65. The van der Waals surface area contributed by atoms with Crippen LogP contribution in [0.25, 0.3) is 0 Å². The van der Waals surface area contributed by atoms with Gasteiger partial charge in [-0.3, -0.25) is 5.21 Å². The van der Waals surface area contributed by atoms with Crippen LogP contribution in [0, 0.1) is 0 Å². The SMILES string of the molecule is NOC(=O)NO. The van der Waals surface area contributed by atoms with E-state index in [1.165, 1.54) is 0 Å². The summed E-state index contributed by atoms with van der Waals surface area (Å²) < 4.78 is 0. The molecule has 0 heterocycles. The normalized spacial score (nSPS) is 7.00. The maximum Gasteiger partial charge on any atom is 0.449 e. The summed E-state index contributed by atoms with van der Waals surface area (Å²) in [5.74, 6) is 4.21. The maximum atomic E-state index is 9.47. The molecule has 5 nitrogen and oxygen atoms in total. The van der Waals surface area contributed by atoms with E-state index >= 15 is 0 Å². The minimum Gasteiger partial charge on any atom is -0.355 e. The fourth-order valence-corrected chi connectivity index (χ4v) is 0.0264. The zero-order chi connectivity index (χ0) is 4.99. The molecule has 0 radical (unpaired) electrons. The molecule has 4 N–H and O–H groups in total. The third-order valence-corrected chi connectivity index (χ3v) is 0.198. The number of carbonyl (C=O) groups excluding carboxylic acids is 1. The first-order valence-electron chi connectivity index (χ1n) is 1.12. The van der Waals surface area contributed by atoms with Gasteiger partial charge in [-0.1, -0.05) is 0 Å². The van der Waals surface area contributed by atoms with Crippen molar-refractivity contribution in [3.05, 3.63) is 0 Å². The van der Waals surface area contributed by atoms with Crippen molar-refractivity contribution in [1.82, 2.24) is 5.48 Å². The molecule has 0 aromatic rings. The smallest absolute Gasteiger partial charge is 0.355 e. The zero-order valence-corrected chi connectivity index (χ0v) is 2.84. The van der Waals surface area contributed by atoms with Crippen LogP contribution in [-0.4, -0.2) is 11.3 Å². The van der Waals surface area contributed by atoms with Crippen LogP contribution in [0.2, 0.25) is 0 Å². The lowest BCUT2D eigenvalue weighted by Gasteiger charge is -1.88. The Morgan fingerprint density at radius 2 is 2.50 bits per heavy atom. The lowest BCUT2D eigenvalue weighted by molar-refractivity contribution is 0.0895. The van der Waals surface area contributed by atoms with Gasteiger partial charge in [0.2, 0.25) is 0 Å². The van der Waals surface area contributed by atoms with Crippen molar-refractivity contribution in [2.45, 2.75) is 0 Å². The molecule has 5 heteroatoms. The second-order valence-corrected chi connectivity index (χ2v) is 0.517. The predicted molar refractivity (Wildman–Crippen MR) is 15.6 cm³/mol. The maximum absolute atomic E-state index is 9.47. The first-order chi connectivity index (χ1) is 2.81. The van der Waals surface area contributed by atoms with E-state index in [4.69, 9.17) is 5.21 Å². The van der Waals surface area contributed by atoms with E-state index in [1.807, 2.05) is 0 Å². The standard InChI is InChI=1S/CH4N2O3/c2-6-1(4)3-5/h5H,2H2,(H,3,4). The van der Waals surface area contributed by atoms with Crippen LogP contribution in [0.5, 0.6) is 0 Å². The molecule has 0 fully saturated rings. The van der Waals surface area contributed by atoms with Gasteiger partial charge in [0.05, 0.1) is 0 Å². The Morgan fingerprint density at radius 1 is 2.00 bits per heavy atom. The van der Waals surface area contributed by atoms with E-state index in [1.54, 1.807) is 0 Å². The lowest BCUT2D eigenvalue weighted by atomic mass is 11.3. The van der Waals surface area contributed by atoms with Crippen molar-refractivity contribution in [3.8, 4) is 0 Å². The summed E-state index contributed by atoms with van der Waals surface area (Å²) in [5.41, 5.74) is 1.13. The highest BCUT2D eigenvalue weighted by Crippen LogP contribution is 1.57. The molecule has 0 saturated heterocycles. The van der Waals surface area contributed by atoms with Gasteiger partial charge >= 0.3 is 6.09 Å². The number of hydrogen-bond donors (Lipinski definition) is 3. The largest absolute Gasteiger partial charge is 0.449 e. The molecule has 0 spiro atoms. The number of hydrogen-bond acceptors (Lipinski definition) is 4. The van der Waals surface area contributed by atoms with Gasteiger partial charge in [-0.25, -0.2) is 10.3 Å². The lowest BCUT2D eigenvalue weighted by Crippen LogP contribution is -2.22. The molecular weight excluding hydrogens is 88.0 g/mol. The Morgan fingerprint density at radius 3 is 2.50 bits per heavy atom. The van der Waals surface area contributed by atoms with Crippen LogP contribution < -0.4 is 11.4 Å². The third kappa shape index (κ3) is 1.50. The van der Waals surface area contributed by atoms with Crippen molar-refractivity contribution in [2.24, 2.45) is 5.90 Å². The monoisotopic (exact) mass is 92.0 g/mol. The third-order valence-electron chi connectivity index (χ3n) is 0.198. The number of nitrogens with two attached hydrogens (primary N) is 1. The van der Waals surface area contributed by atoms with Crippen molar-refractivity contribution in [3.63, 3.8) is 0 Å². The zero-order valence-electron chi connectivity index (χ0n) is 2.84. The minimum atomic E-state index is -1.07. The Balaban J connectivity index is 2.99. The van der Waals surface area contributed by atoms with E-state index in [0.29, 0.717) is 0 Å². The summed E-state index contributed by atoms with van der Waals surface area (Å²) >= 11 is 0. The summed E-state index contributed by atoms with van der Waals surface area (Å²) in [7, 11) is 0. The van der Waals surface area contributed by atoms with E-state index in [-0.39, 0.29) is 0 Å². The second-order valence-electron chi connectivity index (χ2n) is 0.517. The molecule has 0 rings (SSSR count). The van der Waals surface area contributed by atoms with Crippen LogP contribution in [0.3, 0.4) is 0 Å². The van der Waals surface area contributed by atoms with E-state index in [2.05, 4.69) is 10.7 Å². The molecule has 0 bridgehead atoms. The Bertz CT molecular complexity index is 46.8. The number of carbonyl (C=O) groups is 1. The fraction of sp³-hybridized carbons (Fsp3) is 0. The van der Waals surface area contributed by atoms with Gasteiger partial charge in [0.1, 0.15) is 0 Å². The van der Waals surface area contributed by atoms with E-state index in [9.17, 15) is 4.79 Å². The molecule has 6 heavy (non-hydrogen) atoms. The minimum absolute atomic E-state index is 1.07. The summed E-state index contributed by atoms with van der Waals surface area (Å²) in [4.78, 5) is 12.9. The molecule has 1 amide bonds. The van der Waals surface area contributed by atoms with Crippen molar-refractivity contribution in [1.29, 1.82) is 0 Å². The van der Waals surface area contributed by atoms with Crippen molar-refractivity contribution in [2.75, 3.05) is 0 Å². The second kappa shape index (κ2) is 2.43. The van der Waals surface area contributed by atoms with E-state index in [0.717, 1.165) is 5.48 Å². The molecular formula is CH4N2O3. The van der Waals surface area contributed by atoms with Crippen LogP contribution in [0.15, 0.2) is 0 Å².